The molecule has 2 aromatic rings. The van der Waals surface area contributed by atoms with Crippen LogP contribution in [0.15, 0.2) is 16.9 Å². The molecule has 9 heteroatoms. The molecular formula is C13H6Cl2F3N3O. The highest BCUT2D eigenvalue weighted by Gasteiger charge is 2.22. The molecule has 0 spiro atoms. The van der Waals surface area contributed by atoms with Gasteiger partial charge in [-0.15, -0.1) is 0 Å². The van der Waals surface area contributed by atoms with Crippen LogP contribution in [0.1, 0.15) is 17.9 Å². The molecule has 0 N–H and O–H groups in total. The summed E-state index contributed by atoms with van der Waals surface area (Å²) in [4.78, 5) is 15.6. The van der Waals surface area contributed by atoms with Crippen LogP contribution in [0.3, 0.4) is 0 Å². The van der Waals surface area contributed by atoms with Crippen LogP contribution in [0.25, 0.3) is 11.3 Å². The first kappa shape index (κ1) is 16.3. The highest BCUT2D eigenvalue weighted by atomic mass is 35.5. The molecule has 0 radical (unpaired) electrons. The largest absolute Gasteiger partial charge is 0.322 e. The number of nitrogens with zero attached hydrogens (tertiary/aromatic N) is 3. The van der Waals surface area contributed by atoms with Crippen LogP contribution in [0, 0.1) is 24.1 Å². The van der Waals surface area contributed by atoms with Crippen LogP contribution < -0.4 is 5.56 Å². The summed E-state index contributed by atoms with van der Waals surface area (Å²) in [5.41, 5.74) is -1.86. The second-order valence-electron chi connectivity index (χ2n) is 4.20. The molecule has 22 heavy (non-hydrogen) atoms. The first-order chi connectivity index (χ1) is 10.3. The predicted octanol–water partition coefficient (Wildman–Crippen LogP) is 3.93. The third-order valence-electron chi connectivity index (χ3n) is 2.86. The van der Waals surface area contributed by atoms with Gasteiger partial charge in [-0.25, -0.2) is 13.9 Å². The lowest BCUT2D eigenvalue weighted by molar-refractivity contribution is 0.0628. The van der Waals surface area contributed by atoms with Crippen molar-refractivity contribution in [3.8, 4) is 17.3 Å². The average molecular weight is 348 g/mol. The van der Waals surface area contributed by atoms with Crippen molar-refractivity contribution in [2.75, 3.05) is 0 Å². The molecule has 0 atom stereocenters. The minimum absolute atomic E-state index is 0.0633. The SMILES string of the molecule is Cc1nc(-c2cc(C#N)c(Cl)cc2F)c(Cl)c(=O)n1C(F)F. The average Bonchev–Trinajstić information content (AvgIpc) is 2.43. The maximum absolute atomic E-state index is 14.0. The second kappa shape index (κ2) is 5.99. The first-order valence-corrected chi connectivity index (χ1v) is 6.49. The maximum atomic E-state index is 14.0. The summed E-state index contributed by atoms with van der Waals surface area (Å²) in [5, 5.41) is 8.10. The number of halogens is 5. The fraction of sp³-hybridized carbons (Fsp3) is 0.154. The zero-order valence-corrected chi connectivity index (χ0v) is 12.4. The number of aryl methyl sites for hydroxylation is 1. The Bertz CT molecular complexity index is 859. The summed E-state index contributed by atoms with van der Waals surface area (Å²) >= 11 is 11.4. The van der Waals surface area contributed by atoms with Gasteiger partial charge in [0.25, 0.3) is 5.56 Å². The number of rotatable bonds is 2. The third kappa shape index (κ3) is 2.67. The molecular weight excluding hydrogens is 342 g/mol. The summed E-state index contributed by atoms with van der Waals surface area (Å²) in [5.74, 6) is -1.22. The van der Waals surface area contributed by atoms with Gasteiger partial charge < -0.3 is 0 Å². The molecule has 0 saturated heterocycles. The quantitative estimate of drug-likeness (QED) is 0.826. The van der Waals surface area contributed by atoms with Gasteiger partial charge in [-0.1, -0.05) is 23.2 Å². The molecule has 0 bridgehead atoms. The molecule has 0 aliphatic carbocycles. The summed E-state index contributed by atoms with van der Waals surface area (Å²) < 4.78 is 39.7. The first-order valence-electron chi connectivity index (χ1n) is 5.74. The molecule has 0 amide bonds. The van der Waals surface area contributed by atoms with Crippen molar-refractivity contribution in [3.63, 3.8) is 0 Å². The van der Waals surface area contributed by atoms with Crippen LogP contribution in [-0.4, -0.2) is 9.55 Å². The van der Waals surface area contributed by atoms with Crippen molar-refractivity contribution in [2.45, 2.75) is 13.5 Å². The number of hydrogen-bond acceptors (Lipinski definition) is 3. The van der Waals surface area contributed by atoms with E-state index < -0.39 is 22.9 Å². The minimum atomic E-state index is -3.13. The maximum Gasteiger partial charge on any atom is 0.322 e. The summed E-state index contributed by atoms with van der Waals surface area (Å²) in [6.45, 7) is -1.97. The van der Waals surface area contributed by atoms with Crippen LogP contribution >= 0.6 is 23.2 Å². The van der Waals surface area contributed by atoms with Gasteiger partial charge in [0.2, 0.25) is 0 Å². The van der Waals surface area contributed by atoms with E-state index in [1.54, 1.807) is 6.07 Å². The minimum Gasteiger partial charge on any atom is -0.267 e. The van der Waals surface area contributed by atoms with Crippen molar-refractivity contribution in [1.82, 2.24) is 9.55 Å². The topological polar surface area (TPSA) is 58.7 Å². The highest BCUT2D eigenvalue weighted by Crippen LogP contribution is 2.30. The summed E-state index contributed by atoms with van der Waals surface area (Å²) in [6, 6.07) is 3.65. The molecule has 0 fully saturated rings. The van der Waals surface area contributed by atoms with Gasteiger partial charge in [0, 0.05) is 5.56 Å². The van der Waals surface area contributed by atoms with Crippen LogP contribution in [0.4, 0.5) is 13.2 Å². The van der Waals surface area contributed by atoms with E-state index in [0.717, 1.165) is 19.1 Å². The van der Waals surface area contributed by atoms with E-state index in [-0.39, 0.29) is 32.2 Å². The van der Waals surface area contributed by atoms with Crippen molar-refractivity contribution >= 4 is 23.2 Å². The monoisotopic (exact) mass is 347 g/mol. The molecule has 2 rings (SSSR count). The van der Waals surface area contributed by atoms with E-state index >= 15 is 0 Å². The van der Waals surface area contributed by atoms with Gasteiger partial charge in [0.05, 0.1) is 16.3 Å². The van der Waals surface area contributed by atoms with E-state index in [4.69, 9.17) is 28.5 Å². The molecule has 1 aromatic carbocycles. The lowest BCUT2D eigenvalue weighted by Crippen LogP contribution is -2.25. The Hall–Kier alpha value is -2.04. The molecule has 0 aliphatic heterocycles. The zero-order valence-electron chi connectivity index (χ0n) is 10.9. The van der Waals surface area contributed by atoms with Gasteiger partial charge in [0.15, 0.2) is 0 Å². The third-order valence-corrected chi connectivity index (χ3v) is 3.52. The molecule has 4 nitrogen and oxygen atoms in total. The molecule has 0 saturated carbocycles. The number of hydrogen-bond donors (Lipinski definition) is 0. The Morgan fingerprint density at radius 3 is 2.55 bits per heavy atom. The standard InChI is InChI=1S/C13H6Cl2F3N3O/c1-5-20-11(10(15)12(22)21(5)13(17)18)7-2-6(4-19)8(14)3-9(7)16/h2-3,13H,1H3. The van der Waals surface area contributed by atoms with Gasteiger partial charge in [0.1, 0.15) is 22.7 Å². The number of aromatic nitrogens is 2. The Labute approximate surface area is 132 Å². The van der Waals surface area contributed by atoms with Crippen LogP contribution in [0.2, 0.25) is 10.0 Å². The van der Waals surface area contributed by atoms with Gasteiger partial charge >= 0.3 is 6.55 Å². The fourth-order valence-corrected chi connectivity index (χ4v) is 2.27. The Morgan fingerprint density at radius 2 is 2.00 bits per heavy atom. The fourth-order valence-electron chi connectivity index (χ4n) is 1.84. The number of nitriles is 1. The second-order valence-corrected chi connectivity index (χ2v) is 4.98. The van der Waals surface area contributed by atoms with E-state index in [1.165, 1.54) is 0 Å². The molecule has 1 aromatic heterocycles. The molecule has 114 valence electrons. The van der Waals surface area contributed by atoms with E-state index in [0.29, 0.717) is 0 Å². The van der Waals surface area contributed by atoms with Crippen molar-refractivity contribution in [1.29, 1.82) is 5.26 Å². The van der Waals surface area contributed by atoms with E-state index in [1.807, 2.05) is 0 Å². The number of benzene rings is 1. The molecule has 0 unspecified atom stereocenters. The molecule has 0 aliphatic rings. The lowest BCUT2D eigenvalue weighted by atomic mass is 10.1. The lowest BCUT2D eigenvalue weighted by Gasteiger charge is -2.12. The van der Waals surface area contributed by atoms with Crippen LogP contribution in [0.5, 0.6) is 0 Å². The van der Waals surface area contributed by atoms with Crippen molar-refractivity contribution in [2.24, 2.45) is 0 Å². The van der Waals surface area contributed by atoms with Crippen LogP contribution in [-0.2, 0) is 0 Å². The van der Waals surface area contributed by atoms with Crippen molar-refractivity contribution in [3.05, 3.63) is 49.7 Å². The predicted molar refractivity (Wildman–Crippen MR) is 74.6 cm³/mol. The highest BCUT2D eigenvalue weighted by molar-refractivity contribution is 6.33. The smallest absolute Gasteiger partial charge is 0.267 e. The van der Waals surface area contributed by atoms with E-state index in [2.05, 4.69) is 4.98 Å². The Balaban J connectivity index is 2.81. The summed E-state index contributed by atoms with van der Waals surface area (Å²) in [7, 11) is 0. The van der Waals surface area contributed by atoms with Gasteiger partial charge in [-0.05, 0) is 19.1 Å². The zero-order chi connectivity index (χ0) is 16.6. The molecule has 1 heterocycles. The van der Waals surface area contributed by atoms with Crippen molar-refractivity contribution < 1.29 is 13.2 Å². The Morgan fingerprint density at radius 1 is 1.36 bits per heavy atom. The van der Waals surface area contributed by atoms with Gasteiger partial charge in [-0.2, -0.15) is 14.0 Å². The van der Waals surface area contributed by atoms with Gasteiger partial charge in [-0.3, -0.25) is 4.79 Å². The van der Waals surface area contributed by atoms with E-state index in [9.17, 15) is 18.0 Å². The Kier molecular flexibility index (Phi) is 4.44. The number of alkyl halides is 2. The summed E-state index contributed by atoms with van der Waals surface area (Å²) in [6.07, 6.45) is 0. The normalized spacial score (nSPS) is 10.8.